The van der Waals surface area contributed by atoms with Crippen molar-refractivity contribution in [2.24, 2.45) is 0 Å². The number of rotatable bonds is 8. The molecule has 0 saturated carbocycles. The van der Waals surface area contributed by atoms with Crippen molar-refractivity contribution in [3.05, 3.63) is 47.2 Å². The summed E-state index contributed by atoms with van der Waals surface area (Å²) in [5.41, 5.74) is 0.0262. The molecule has 3 rings (SSSR count). The maximum atomic E-state index is 13.6. The zero-order chi connectivity index (χ0) is 25.8. The molecule has 0 fully saturated rings. The van der Waals surface area contributed by atoms with E-state index in [0.717, 1.165) is 11.0 Å². The number of anilines is 2. The van der Waals surface area contributed by atoms with Crippen molar-refractivity contribution in [3.63, 3.8) is 0 Å². The van der Waals surface area contributed by atoms with Crippen LogP contribution in [0.5, 0.6) is 11.5 Å². The number of amides is 3. The van der Waals surface area contributed by atoms with E-state index in [4.69, 9.17) is 21.1 Å². The van der Waals surface area contributed by atoms with Gasteiger partial charge in [0, 0.05) is 33.8 Å². The van der Waals surface area contributed by atoms with Crippen LogP contribution in [0, 0.1) is 5.82 Å². The number of halogens is 2. The van der Waals surface area contributed by atoms with Crippen LogP contribution in [0.25, 0.3) is 0 Å². The third kappa shape index (κ3) is 7.66. The van der Waals surface area contributed by atoms with Gasteiger partial charge in [-0.05, 0) is 51.1 Å². The third-order valence-corrected chi connectivity index (χ3v) is 6.01. The predicted molar refractivity (Wildman–Crippen MR) is 131 cm³/mol. The summed E-state index contributed by atoms with van der Waals surface area (Å²) >= 11 is 5.85. The Morgan fingerprint density at radius 2 is 1.77 bits per heavy atom. The van der Waals surface area contributed by atoms with Gasteiger partial charge in [-0.2, -0.15) is 0 Å². The number of hydrogen-bond acceptors (Lipinski definition) is 6. The lowest BCUT2D eigenvalue weighted by molar-refractivity contribution is -0.124. The van der Waals surface area contributed by atoms with Gasteiger partial charge in [-0.3, -0.25) is 18.6 Å². The first-order valence-corrected chi connectivity index (χ1v) is 12.4. The third-order valence-electron chi connectivity index (χ3n) is 4.56. The number of ether oxygens (including phenoxy) is 2. The monoisotopic (exact) mass is 525 g/mol. The first-order valence-electron chi connectivity index (χ1n) is 10.5. The predicted octanol–water partition coefficient (Wildman–Crippen LogP) is 2.84. The highest BCUT2D eigenvalue weighted by atomic mass is 35.5. The fraction of sp³-hybridized carbons (Fsp3) is 0.348. The lowest BCUT2D eigenvalue weighted by atomic mass is 10.1. The standard InChI is InChI=1S/C23H25ClFN3O6S/c1-23(2,3)27-20(29)10-28(15-5-6-17(25)16(24)9-15)22(31)12-35(32)11-21(30)26-14-4-7-18-19(8-14)34-13-33-18/h4-9H,10-13H2,1-3H3,(H,26,30)(H,27,29). The van der Waals surface area contributed by atoms with E-state index in [9.17, 15) is 23.0 Å². The Morgan fingerprint density at radius 1 is 1.06 bits per heavy atom. The van der Waals surface area contributed by atoms with Crippen molar-refractivity contribution in [2.75, 3.05) is 35.1 Å². The van der Waals surface area contributed by atoms with Crippen LogP contribution in [0.1, 0.15) is 20.8 Å². The van der Waals surface area contributed by atoms with Gasteiger partial charge in [-0.15, -0.1) is 0 Å². The number of hydrogen-bond donors (Lipinski definition) is 2. The Kier molecular flexibility index (Phi) is 8.34. The van der Waals surface area contributed by atoms with E-state index in [0.29, 0.717) is 17.2 Å². The van der Waals surface area contributed by atoms with Gasteiger partial charge in [-0.25, -0.2) is 4.39 Å². The second-order valence-corrected chi connectivity index (χ2v) is 10.6. The summed E-state index contributed by atoms with van der Waals surface area (Å²) in [7, 11) is -1.89. The Morgan fingerprint density at radius 3 is 2.46 bits per heavy atom. The van der Waals surface area contributed by atoms with Gasteiger partial charge in [0.2, 0.25) is 24.5 Å². The molecule has 1 atom stereocenters. The first kappa shape index (κ1) is 26.4. The van der Waals surface area contributed by atoms with E-state index < -0.39 is 57.9 Å². The molecule has 12 heteroatoms. The molecule has 35 heavy (non-hydrogen) atoms. The summed E-state index contributed by atoms with van der Waals surface area (Å²) in [4.78, 5) is 38.8. The number of benzene rings is 2. The lowest BCUT2D eigenvalue weighted by Crippen LogP contribution is -2.48. The number of nitrogens with one attached hydrogen (secondary N) is 2. The summed E-state index contributed by atoms with van der Waals surface area (Å²) in [6, 6.07) is 8.37. The normalized spacial score (nSPS) is 13.2. The van der Waals surface area contributed by atoms with Gasteiger partial charge in [-0.1, -0.05) is 11.6 Å². The zero-order valence-electron chi connectivity index (χ0n) is 19.4. The Labute approximate surface area is 209 Å². The van der Waals surface area contributed by atoms with E-state index in [-0.39, 0.29) is 17.5 Å². The van der Waals surface area contributed by atoms with Gasteiger partial charge in [0.15, 0.2) is 11.5 Å². The Bertz CT molecular complexity index is 1170. The molecule has 9 nitrogen and oxygen atoms in total. The minimum absolute atomic E-state index is 0.0857. The fourth-order valence-electron chi connectivity index (χ4n) is 3.16. The average molecular weight is 526 g/mol. The summed E-state index contributed by atoms with van der Waals surface area (Å²) in [6.07, 6.45) is 0. The smallest absolute Gasteiger partial charge is 0.240 e. The van der Waals surface area contributed by atoms with Crippen LogP contribution in [-0.4, -0.2) is 52.3 Å². The van der Waals surface area contributed by atoms with Crippen molar-refractivity contribution in [1.82, 2.24) is 5.32 Å². The topological polar surface area (TPSA) is 114 Å². The van der Waals surface area contributed by atoms with Crippen molar-refractivity contribution >= 4 is 51.5 Å². The summed E-state index contributed by atoms with van der Waals surface area (Å²) in [6.45, 7) is 5.01. The van der Waals surface area contributed by atoms with Crippen LogP contribution in [-0.2, 0) is 25.2 Å². The summed E-state index contributed by atoms with van der Waals surface area (Å²) in [5, 5.41) is 5.09. The number of nitrogens with zero attached hydrogens (tertiary/aromatic N) is 1. The van der Waals surface area contributed by atoms with Crippen molar-refractivity contribution in [1.29, 1.82) is 0 Å². The van der Waals surface area contributed by atoms with Crippen molar-refractivity contribution < 1.29 is 32.5 Å². The number of fused-ring (bicyclic) bond motifs is 1. The van der Waals surface area contributed by atoms with Crippen molar-refractivity contribution in [2.45, 2.75) is 26.3 Å². The molecule has 1 unspecified atom stereocenters. The number of carbonyl (C=O) groups excluding carboxylic acids is 3. The molecular formula is C23H25ClFN3O6S. The van der Waals surface area contributed by atoms with E-state index >= 15 is 0 Å². The van der Waals surface area contributed by atoms with Crippen LogP contribution in [0.2, 0.25) is 5.02 Å². The van der Waals surface area contributed by atoms with Gasteiger partial charge in [0.25, 0.3) is 0 Å². The van der Waals surface area contributed by atoms with E-state index in [1.165, 1.54) is 12.1 Å². The maximum absolute atomic E-state index is 13.6. The SMILES string of the molecule is CC(C)(C)NC(=O)CN(C(=O)CS(=O)CC(=O)Nc1ccc2c(c1)OCO2)c1ccc(F)c(Cl)c1. The van der Waals surface area contributed by atoms with Crippen LogP contribution >= 0.6 is 11.6 Å². The minimum atomic E-state index is -1.89. The largest absolute Gasteiger partial charge is 0.454 e. The molecule has 2 N–H and O–H groups in total. The quantitative estimate of drug-likeness (QED) is 0.548. The van der Waals surface area contributed by atoms with Crippen molar-refractivity contribution in [3.8, 4) is 11.5 Å². The molecule has 0 aliphatic carbocycles. The fourth-order valence-corrected chi connectivity index (χ4v) is 4.23. The maximum Gasteiger partial charge on any atom is 0.240 e. The molecule has 1 heterocycles. The molecule has 1 aliphatic rings. The second kappa shape index (κ2) is 11.0. The number of carbonyl (C=O) groups is 3. The molecule has 0 bridgehead atoms. The molecule has 0 aromatic heterocycles. The van der Waals surface area contributed by atoms with Gasteiger partial charge in [0.1, 0.15) is 23.9 Å². The molecule has 0 saturated heterocycles. The Hall–Kier alpha value is -3.18. The zero-order valence-corrected chi connectivity index (χ0v) is 20.9. The molecule has 0 spiro atoms. The Balaban J connectivity index is 1.65. The van der Waals surface area contributed by atoms with Crippen LogP contribution in [0.3, 0.4) is 0 Å². The van der Waals surface area contributed by atoms with E-state index in [1.807, 2.05) is 0 Å². The van der Waals surface area contributed by atoms with Gasteiger partial charge >= 0.3 is 0 Å². The highest BCUT2D eigenvalue weighted by molar-refractivity contribution is 7.86. The molecule has 188 valence electrons. The van der Waals surface area contributed by atoms with Crippen LogP contribution in [0.15, 0.2) is 36.4 Å². The highest BCUT2D eigenvalue weighted by Crippen LogP contribution is 2.34. The van der Waals surface area contributed by atoms with Crippen LogP contribution in [0.4, 0.5) is 15.8 Å². The van der Waals surface area contributed by atoms with Crippen LogP contribution < -0.4 is 25.0 Å². The molecule has 3 amide bonds. The minimum Gasteiger partial charge on any atom is -0.454 e. The molecule has 2 aromatic carbocycles. The molecule has 0 radical (unpaired) electrons. The summed E-state index contributed by atoms with van der Waals surface area (Å²) < 4.78 is 36.7. The highest BCUT2D eigenvalue weighted by Gasteiger charge is 2.25. The van der Waals surface area contributed by atoms with E-state index in [2.05, 4.69) is 10.6 Å². The molecule has 1 aliphatic heterocycles. The average Bonchev–Trinajstić information content (AvgIpc) is 3.20. The first-order chi connectivity index (χ1) is 16.4. The molecule has 2 aromatic rings. The second-order valence-electron chi connectivity index (χ2n) is 8.72. The van der Waals surface area contributed by atoms with E-state index in [1.54, 1.807) is 39.0 Å². The van der Waals surface area contributed by atoms with Gasteiger partial charge in [0.05, 0.1) is 5.02 Å². The lowest BCUT2D eigenvalue weighted by Gasteiger charge is -2.26. The molecular weight excluding hydrogens is 501 g/mol. The summed E-state index contributed by atoms with van der Waals surface area (Å²) in [5.74, 6) is -2.39. The van der Waals surface area contributed by atoms with Gasteiger partial charge < -0.3 is 25.0 Å².